The van der Waals surface area contributed by atoms with E-state index >= 15 is 0 Å². The number of carbonyl (C=O) groups excluding carboxylic acids is 1. The van der Waals surface area contributed by atoms with Gasteiger partial charge in [-0.3, -0.25) is 0 Å². The van der Waals surface area contributed by atoms with Gasteiger partial charge in [-0.25, -0.2) is 4.79 Å². The predicted molar refractivity (Wildman–Crippen MR) is 63.0 cm³/mol. The van der Waals surface area contributed by atoms with Gasteiger partial charge in [0.05, 0.1) is 0 Å². The number of carbonyl (C=O) groups is 1. The molecule has 0 saturated carbocycles. The van der Waals surface area contributed by atoms with Crippen molar-refractivity contribution in [3.63, 3.8) is 0 Å². The van der Waals surface area contributed by atoms with Gasteiger partial charge in [0.1, 0.15) is 12.2 Å². The third-order valence-electron chi connectivity index (χ3n) is 1.79. The molecule has 1 heterocycles. The average Bonchev–Trinajstić information content (AvgIpc) is 2.63. The summed E-state index contributed by atoms with van der Waals surface area (Å²) < 4.78 is 14.9. The van der Waals surface area contributed by atoms with Crippen LogP contribution in [0.3, 0.4) is 0 Å². The molecule has 0 radical (unpaired) electrons. The Morgan fingerprint density at radius 1 is 1.44 bits per heavy atom. The van der Waals surface area contributed by atoms with Crippen LogP contribution in [0.2, 0.25) is 0 Å². The first-order chi connectivity index (χ1) is 8.40. The van der Waals surface area contributed by atoms with Crippen LogP contribution in [-0.4, -0.2) is 35.5 Å². The molecule has 0 unspecified atom stereocenters. The van der Waals surface area contributed by atoms with Crippen LogP contribution in [0.15, 0.2) is 4.52 Å². The Balaban J connectivity index is 2.26. The minimum Gasteiger partial charge on any atom is -0.444 e. The number of methoxy groups -OCH3 is 1. The summed E-state index contributed by atoms with van der Waals surface area (Å²) >= 11 is 0. The molecule has 7 nitrogen and oxygen atoms in total. The van der Waals surface area contributed by atoms with Crippen molar-refractivity contribution >= 4 is 6.09 Å². The van der Waals surface area contributed by atoms with Crippen molar-refractivity contribution in [1.29, 1.82) is 0 Å². The maximum atomic E-state index is 11.3. The molecule has 1 N–H and O–H groups in total. The summed E-state index contributed by atoms with van der Waals surface area (Å²) in [6, 6.07) is 0. The topological polar surface area (TPSA) is 86.5 Å². The fourth-order valence-corrected chi connectivity index (χ4v) is 1.16. The number of hydrogen-bond donors (Lipinski definition) is 1. The Morgan fingerprint density at radius 2 is 2.17 bits per heavy atom. The van der Waals surface area contributed by atoms with E-state index in [0.29, 0.717) is 24.7 Å². The molecule has 0 atom stereocenters. The summed E-state index contributed by atoms with van der Waals surface area (Å²) in [5.74, 6) is 0.947. The third-order valence-corrected chi connectivity index (χ3v) is 1.79. The first kappa shape index (κ1) is 14.4. The minimum atomic E-state index is -0.498. The van der Waals surface area contributed by atoms with Crippen LogP contribution in [0.5, 0.6) is 0 Å². The monoisotopic (exact) mass is 257 g/mol. The van der Waals surface area contributed by atoms with Crippen LogP contribution < -0.4 is 5.32 Å². The van der Waals surface area contributed by atoms with Crippen molar-refractivity contribution in [2.45, 2.75) is 39.4 Å². The van der Waals surface area contributed by atoms with Crippen LogP contribution in [0.25, 0.3) is 0 Å². The molecule has 0 saturated heterocycles. The Labute approximate surface area is 106 Å². The largest absolute Gasteiger partial charge is 0.444 e. The number of ether oxygens (including phenoxy) is 2. The molecule has 18 heavy (non-hydrogen) atoms. The average molecular weight is 257 g/mol. The van der Waals surface area contributed by atoms with Crippen LogP contribution >= 0.6 is 0 Å². The normalized spacial score (nSPS) is 11.3. The van der Waals surface area contributed by atoms with E-state index in [1.165, 1.54) is 0 Å². The van der Waals surface area contributed by atoms with E-state index in [-0.39, 0.29) is 6.61 Å². The van der Waals surface area contributed by atoms with E-state index in [1.807, 2.05) is 20.8 Å². The molecule has 0 aromatic carbocycles. The number of aromatic nitrogens is 2. The zero-order valence-electron chi connectivity index (χ0n) is 11.1. The van der Waals surface area contributed by atoms with Crippen molar-refractivity contribution in [3.8, 4) is 0 Å². The summed E-state index contributed by atoms with van der Waals surface area (Å²) in [4.78, 5) is 15.4. The summed E-state index contributed by atoms with van der Waals surface area (Å²) in [6.07, 6.45) is 0.0232. The molecule has 0 spiro atoms. The zero-order chi connectivity index (χ0) is 13.6. The van der Waals surface area contributed by atoms with E-state index in [0.717, 1.165) is 0 Å². The molecule has 0 aliphatic carbocycles. The Morgan fingerprint density at radius 3 is 2.78 bits per heavy atom. The second-order valence-corrected chi connectivity index (χ2v) is 4.72. The molecule has 102 valence electrons. The van der Waals surface area contributed by atoms with E-state index in [4.69, 9.17) is 14.0 Å². The Hall–Kier alpha value is -1.63. The number of nitrogens with one attached hydrogen (secondary N) is 1. The quantitative estimate of drug-likeness (QED) is 0.855. The highest BCUT2D eigenvalue weighted by Crippen LogP contribution is 2.06. The predicted octanol–water partition coefficient (Wildman–Crippen LogP) is 1.28. The van der Waals surface area contributed by atoms with Gasteiger partial charge in [-0.05, 0) is 20.8 Å². The van der Waals surface area contributed by atoms with Gasteiger partial charge in [-0.1, -0.05) is 5.16 Å². The summed E-state index contributed by atoms with van der Waals surface area (Å²) in [5, 5.41) is 6.36. The lowest BCUT2D eigenvalue weighted by molar-refractivity contribution is 0.0528. The molecule has 7 heteroatoms. The minimum absolute atomic E-state index is 0.284. The SMILES string of the molecule is COCc1nc(CCNC(=O)OC(C)(C)C)no1. The van der Waals surface area contributed by atoms with Crippen molar-refractivity contribution in [2.24, 2.45) is 0 Å². The Bertz CT molecular complexity index is 384. The van der Waals surface area contributed by atoms with E-state index in [2.05, 4.69) is 15.5 Å². The van der Waals surface area contributed by atoms with Gasteiger partial charge in [0.15, 0.2) is 5.82 Å². The van der Waals surface area contributed by atoms with E-state index in [9.17, 15) is 4.79 Å². The van der Waals surface area contributed by atoms with Crippen molar-refractivity contribution in [3.05, 3.63) is 11.7 Å². The van der Waals surface area contributed by atoms with Crippen LogP contribution in [0.4, 0.5) is 4.79 Å². The van der Waals surface area contributed by atoms with Gasteiger partial charge >= 0.3 is 6.09 Å². The van der Waals surface area contributed by atoms with Crippen molar-refractivity contribution in [2.75, 3.05) is 13.7 Å². The molecule has 0 fully saturated rings. The third kappa shape index (κ3) is 5.62. The summed E-state index contributed by atoms with van der Waals surface area (Å²) in [7, 11) is 1.55. The number of alkyl carbamates (subject to hydrolysis) is 1. The van der Waals surface area contributed by atoms with Gasteiger partial charge in [-0.15, -0.1) is 0 Å². The highest BCUT2D eigenvalue weighted by molar-refractivity contribution is 5.67. The maximum Gasteiger partial charge on any atom is 0.407 e. The molecular formula is C11H19N3O4. The standard InChI is InChI=1S/C11H19N3O4/c1-11(2,3)17-10(15)12-6-5-8-13-9(7-16-4)18-14-8/h5-7H2,1-4H3,(H,12,15). The highest BCUT2D eigenvalue weighted by Gasteiger charge is 2.15. The second-order valence-electron chi connectivity index (χ2n) is 4.72. The van der Waals surface area contributed by atoms with E-state index in [1.54, 1.807) is 7.11 Å². The summed E-state index contributed by atoms with van der Waals surface area (Å²) in [6.45, 7) is 6.10. The molecule has 0 aliphatic rings. The number of rotatable bonds is 5. The fraction of sp³-hybridized carbons (Fsp3) is 0.727. The molecule has 1 aromatic rings. The van der Waals surface area contributed by atoms with Crippen LogP contribution in [0.1, 0.15) is 32.5 Å². The lowest BCUT2D eigenvalue weighted by atomic mass is 10.2. The van der Waals surface area contributed by atoms with Gasteiger partial charge in [0.2, 0.25) is 0 Å². The number of nitrogens with zero attached hydrogens (tertiary/aromatic N) is 2. The first-order valence-corrected chi connectivity index (χ1v) is 5.68. The second kappa shape index (κ2) is 6.34. The molecule has 1 amide bonds. The van der Waals surface area contributed by atoms with Crippen molar-refractivity contribution < 1.29 is 18.8 Å². The van der Waals surface area contributed by atoms with Crippen LogP contribution in [0, 0.1) is 0 Å². The number of hydrogen-bond acceptors (Lipinski definition) is 6. The van der Waals surface area contributed by atoms with Gasteiger partial charge in [-0.2, -0.15) is 4.98 Å². The molecule has 0 aliphatic heterocycles. The van der Waals surface area contributed by atoms with Gasteiger partial charge in [0, 0.05) is 20.1 Å². The molecule has 0 bridgehead atoms. The van der Waals surface area contributed by atoms with Gasteiger partial charge < -0.3 is 19.3 Å². The maximum absolute atomic E-state index is 11.3. The van der Waals surface area contributed by atoms with E-state index < -0.39 is 11.7 Å². The lowest BCUT2D eigenvalue weighted by Crippen LogP contribution is -2.33. The highest BCUT2D eigenvalue weighted by atomic mass is 16.6. The fourth-order valence-electron chi connectivity index (χ4n) is 1.16. The summed E-state index contributed by atoms with van der Waals surface area (Å²) in [5.41, 5.74) is -0.498. The van der Waals surface area contributed by atoms with Crippen molar-refractivity contribution in [1.82, 2.24) is 15.5 Å². The number of amides is 1. The molecular weight excluding hydrogens is 238 g/mol. The molecule has 1 rings (SSSR count). The molecule has 1 aromatic heterocycles. The smallest absolute Gasteiger partial charge is 0.407 e. The van der Waals surface area contributed by atoms with Crippen LogP contribution in [-0.2, 0) is 22.5 Å². The Kier molecular flexibility index (Phi) is 5.08. The lowest BCUT2D eigenvalue weighted by Gasteiger charge is -2.19. The van der Waals surface area contributed by atoms with Gasteiger partial charge in [0.25, 0.3) is 5.89 Å². The zero-order valence-corrected chi connectivity index (χ0v) is 11.1. The first-order valence-electron chi connectivity index (χ1n) is 5.68.